The van der Waals surface area contributed by atoms with Crippen molar-refractivity contribution in [3.8, 4) is 5.75 Å². The Hall–Kier alpha value is -3.22. The third-order valence-electron chi connectivity index (χ3n) is 4.62. The summed E-state index contributed by atoms with van der Waals surface area (Å²) < 4.78 is 5.43. The Balaban J connectivity index is 1.91. The smallest absolute Gasteiger partial charge is 0.262 e. The zero-order valence-corrected chi connectivity index (χ0v) is 13.6. The maximum Gasteiger partial charge on any atom is 0.262 e. The first-order chi connectivity index (χ1) is 12.1. The van der Waals surface area contributed by atoms with Gasteiger partial charge < -0.3 is 10.5 Å². The topological polar surface area (TPSA) is 111 Å². The monoisotopic (exact) mass is 336 g/mol. The van der Waals surface area contributed by atoms with E-state index in [2.05, 4.69) is 15.0 Å². The molecule has 1 aliphatic carbocycles. The molecule has 126 valence electrons. The van der Waals surface area contributed by atoms with Gasteiger partial charge in [0.15, 0.2) is 11.4 Å². The number of Topliss-reactive ketones (excluding diaryl/α,β-unsaturated/α-hetero) is 1. The number of carbonyl (C=O) groups is 1. The molecule has 0 spiro atoms. The van der Waals surface area contributed by atoms with Crippen molar-refractivity contribution in [2.75, 3.05) is 12.8 Å². The molecule has 3 N–H and O–H groups in total. The number of nitrogens with one attached hydrogen (secondary N) is 1. The van der Waals surface area contributed by atoms with Crippen LogP contribution in [-0.2, 0) is 6.42 Å². The van der Waals surface area contributed by atoms with Crippen LogP contribution < -0.4 is 16.0 Å². The van der Waals surface area contributed by atoms with E-state index >= 15 is 0 Å². The fraction of sp³-hybridized carbons (Fsp3) is 0.222. The lowest BCUT2D eigenvalue weighted by Gasteiger charge is -2.25. The van der Waals surface area contributed by atoms with Crippen molar-refractivity contribution in [1.82, 2.24) is 15.0 Å². The lowest BCUT2D eigenvalue weighted by atomic mass is 9.79. The molecule has 0 amide bonds. The van der Waals surface area contributed by atoms with Gasteiger partial charge in [-0.05, 0) is 29.5 Å². The van der Waals surface area contributed by atoms with Gasteiger partial charge in [-0.15, -0.1) is 0 Å². The van der Waals surface area contributed by atoms with Crippen molar-refractivity contribution in [2.45, 2.75) is 18.8 Å². The van der Waals surface area contributed by atoms with Crippen molar-refractivity contribution in [3.05, 3.63) is 57.5 Å². The number of ketones is 1. The van der Waals surface area contributed by atoms with Crippen molar-refractivity contribution in [1.29, 1.82) is 0 Å². The average molecular weight is 336 g/mol. The van der Waals surface area contributed by atoms with E-state index in [0.717, 1.165) is 11.3 Å². The number of H-pyrrole nitrogens is 1. The molecule has 7 heteroatoms. The Morgan fingerprint density at radius 2 is 2.04 bits per heavy atom. The van der Waals surface area contributed by atoms with E-state index in [1.54, 1.807) is 7.11 Å². The van der Waals surface area contributed by atoms with E-state index in [9.17, 15) is 9.59 Å². The summed E-state index contributed by atoms with van der Waals surface area (Å²) in [4.78, 5) is 35.8. The highest BCUT2D eigenvalue weighted by Crippen LogP contribution is 2.38. The first kappa shape index (κ1) is 15.3. The number of benzene rings is 1. The first-order valence-electron chi connectivity index (χ1n) is 7.92. The number of fused-ring (bicyclic) bond motifs is 3. The van der Waals surface area contributed by atoms with Crippen molar-refractivity contribution >= 4 is 22.8 Å². The molecule has 3 aromatic rings. The van der Waals surface area contributed by atoms with Gasteiger partial charge in [0, 0.05) is 18.2 Å². The molecule has 0 saturated heterocycles. The minimum Gasteiger partial charge on any atom is -0.496 e. The summed E-state index contributed by atoms with van der Waals surface area (Å²) >= 11 is 0. The Bertz CT molecular complexity index is 1060. The van der Waals surface area contributed by atoms with Gasteiger partial charge in [-0.2, -0.15) is 4.98 Å². The van der Waals surface area contributed by atoms with E-state index < -0.39 is 0 Å². The third-order valence-corrected chi connectivity index (χ3v) is 4.62. The maximum absolute atomic E-state index is 12.7. The minimum atomic E-state index is -0.375. The number of aromatic amines is 1. The van der Waals surface area contributed by atoms with Crippen molar-refractivity contribution < 1.29 is 9.53 Å². The molecular formula is C18H16N4O3. The summed E-state index contributed by atoms with van der Waals surface area (Å²) in [6.07, 6.45) is 2.38. The van der Waals surface area contributed by atoms with Gasteiger partial charge in [0.25, 0.3) is 5.56 Å². The zero-order chi connectivity index (χ0) is 17.6. The van der Waals surface area contributed by atoms with Gasteiger partial charge in [-0.25, -0.2) is 4.98 Å². The van der Waals surface area contributed by atoms with Crippen LogP contribution >= 0.6 is 0 Å². The predicted octanol–water partition coefficient (Wildman–Crippen LogP) is 1.82. The second kappa shape index (κ2) is 5.70. The second-order valence-corrected chi connectivity index (χ2v) is 6.07. The summed E-state index contributed by atoms with van der Waals surface area (Å²) in [6, 6.07) is 7.62. The summed E-state index contributed by atoms with van der Waals surface area (Å²) in [7, 11) is 1.61. The molecule has 1 atom stereocenters. The minimum absolute atomic E-state index is 0.00774. The molecule has 7 nitrogen and oxygen atoms in total. The van der Waals surface area contributed by atoms with Gasteiger partial charge in [0.2, 0.25) is 5.95 Å². The van der Waals surface area contributed by atoms with Crippen molar-refractivity contribution in [3.63, 3.8) is 0 Å². The van der Waals surface area contributed by atoms with Crippen LogP contribution in [0.5, 0.6) is 5.75 Å². The molecule has 0 unspecified atom stereocenters. The first-order valence-corrected chi connectivity index (χ1v) is 7.92. The number of para-hydroxylation sites is 1. The molecule has 1 aromatic carbocycles. The summed E-state index contributed by atoms with van der Waals surface area (Å²) in [5.41, 5.74) is 7.58. The number of rotatable bonds is 2. The standard InChI is InChI=1S/C18H16N4O3/c1-25-14-5-3-2-4-10(14)9-6-11-12(13(23)7-9)8-20-16-15(11)17(24)22-18(19)21-16/h2-5,8-9H,6-7H2,1H3,(H3,19,20,21,22,24)/t9-/m0/s1. The molecule has 0 saturated carbocycles. The van der Waals surface area contributed by atoms with Crippen LogP contribution in [-0.4, -0.2) is 27.8 Å². The fourth-order valence-corrected chi connectivity index (χ4v) is 3.51. The normalized spacial score (nSPS) is 16.7. The third kappa shape index (κ3) is 2.44. The molecule has 25 heavy (non-hydrogen) atoms. The number of ether oxygens (including phenoxy) is 1. The van der Waals surface area contributed by atoms with Crippen LogP contribution in [0.4, 0.5) is 5.95 Å². The molecule has 0 bridgehead atoms. The highest BCUT2D eigenvalue weighted by Gasteiger charge is 2.30. The molecule has 0 radical (unpaired) electrons. The van der Waals surface area contributed by atoms with E-state index in [0.29, 0.717) is 29.4 Å². The molecular weight excluding hydrogens is 320 g/mol. The summed E-state index contributed by atoms with van der Waals surface area (Å²) in [5.74, 6) is 0.633. The highest BCUT2D eigenvalue weighted by molar-refractivity contribution is 6.02. The Morgan fingerprint density at radius 3 is 2.84 bits per heavy atom. The number of hydrogen-bond donors (Lipinski definition) is 2. The van der Waals surface area contributed by atoms with Gasteiger partial charge in [-0.3, -0.25) is 14.6 Å². The molecule has 2 aromatic heterocycles. The summed E-state index contributed by atoms with van der Waals surface area (Å²) in [6.45, 7) is 0. The van der Waals surface area contributed by atoms with Crippen LogP contribution in [0.15, 0.2) is 35.3 Å². The van der Waals surface area contributed by atoms with E-state index in [1.165, 1.54) is 6.20 Å². The quantitative estimate of drug-likeness (QED) is 0.738. The lowest BCUT2D eigenvalue weighted by Crippen LogP contribution is -2.23. The molecule has 4 rings (SSSR count). The van der Waals surface area contributed by atoms with Crippen LogP contribution in [0, 0.1) is 0 Å². The van der Waals surface area contributed by atoms with E-state index in [4.69, 9.17) is 10.5 Å². The number of nitrogens with zero attached hydrogens (tertiary/aromatic N) is 2. The van der Waals surface area contributed by atoms with Gasteiger partial charge in [-0.1, -0.05) is 18.2 Å². The Labute approximate surface area is 142 Å². The molecule has 0 fully saturated rings. The number of anilines is 1. The molecule has 1 aliphatic rings. The number of aromatic nitrogens is 3. The SMILES string of the molecule is COc1ccccc1[C@@H]1CC(=O)c2cnc3nc(N)[nH]c(=O)c3c2C1. The van der Waals surface area contributed by atoms with Gasteiger partial charge in [0.05, 0.1) is 12.5 Å². The number of nitrogen functional groups attached to an aromatic ring is 1. The van der Waals surface area contributed by atoms with E-state index in [1.807, 2.05) is 24.3 Å². The van der Waals surface area contributed by atoms with Gasteiger partial charge >= 0.3 is 0 Å². The zero-order valence-electron chi connectivity index (χ0n) is 13.6. The Kier molecular flexibility index (Phi) is 3.49. The lowest BCUT2D eigenvalue weighted by molar-refractivity contribution is 0.0964. The van der Waals surface area contributed by atoms with Crippen LogP contribution in [0.1, 0.15) is 33.8 Å². The number of methoxy groups -OCH3 is 1. The molecule has 2 heterocycles. The van der Waals surface area contributed by atoms with Crippen LogP contribution in [0.25, 0.3) is 11.0 Å². The second-order valence-electron chi connectivity index (χ2n) is 6.07. The number of nitrogens with two attached hydrogens (primary N) is 1. The highest BCUT2D eigenvalue weighted by atomic mass is 16.5. The van der Waals surface area contributed by atoms with E-state index in [-0.39, 0.29) is 28.9 Å². The molecule has 0 aliphatic heterocycles. The van der Waals surface area contributed by atoms with Gasteiger partial charge in [0.1, 0.15) is 5.75 Å². The largest absolute Gasteiger partial charge is 0.496 e. The van der Waals surface area contributed by atoms with Crippen molar-refractivity contribution in [2.24, 2.45) is 0 Å². The number of pyridine rings is 1. The number of hydrogen-bond acceptors (Lipinski definition) is 6. The predicted molar refractivity (Wildman–Crippen MR) is 93.0 cm³/mol. The van der Waals surface area contributed by atoms with Crippen LogP contribution in [0.3, 0.4) is 0 Å². The summed E-state index contributed by atoms with van der Waals surface area (Å²) in [5, 5.41) is 0.333. The maximum atomic E-state index is 12.7. The average Bonchev–Trinajstić information content (AvgIpc) is 2.60. The number of carbonyl (C=O) groups excluding carboxylic acids is 1. The van der Waals surface area contributed by atoms with Crippen LogP contribution in [0.2, 0.25) is 0 Å². The Morgan fingerprint density at radius 1 is 1.24 bits per heavy atom. The fourth-order valence-electron chi connectivity index (χ4n) is 3.51.